The zero-order valence-corrected chi connectivity index (χ0v) is 10.3. The molecule has 0 bridgehead atoms. The van der Waals surface area contributed by atoms with Gasteiger partial charge in [0.1, 0.15) is 6.04 Å². The maximum Gasteiger partial charge on any atom is 0.422 e. The largest absolute Gasteiger partial charge is 0.480 e. The van der Waals surface area contributed by atoms with Crippen LogP contribution in [-0.2, 0) is 4.79 Å². The summed E-state index contributed by atoms with van der Waals surface area (Å²) in [6.07, 6.45) is -3.48. The number of amides is 1. The topological polar surface area (TPSA) is 88.5 Å². The molecule has 0 saturated heterocycles. The van der Waals surface area contributed by atoms with Crippen molar-refractivity contribution >= 4 is 11.9 Å². The average Bonchev–Trinajstić information content (AvgIpc) is 2.35. The predicted molar refractivity (Wildman–Crippen MR) is 60.4 cm³/mol. The highest BCUT2D eigenvalue weighted by Crippen LogP contribution is 2.17. The summed E-state index contributed by atoms with van der Waals surface area (Å²) in [5.74, 6) is -2.20. The van der Waals surface area contributed by atoms with Crippen LogP contribution in [0.15, 0.2) is 18.3 Å². The van der Waals surface area contributed by atoms with Crippen LogP contribution in [0.4, 0.5) is 13.2 Å². The summed E-state index contributed by atoms with van der Waals surface area (Å²) >= 11 is 0. The van der Waals surface area contributed by atoms with Crippen LogP contribution in [0.25, 0.3) is 0 Å². The van der Waals surface area contributed by atoms with Crippen LogP contribution in [0, 0.1) is 0 Å². The number of aromatic nitrogens is 1. The second kappa shape index (κ2) is 6.22. The molecule has 20 heavy (non-hydrogen) atoms. The van der Waals surface area contributed by atoms with Gasteiger partial charge >= 0.3 is 12.1 Å². The monoisotopic (exact) mass is 292 g/mol. The molecular weight excluding hydrogens is 281 g/mol. The fraction of sp³-hybridized carbons (Fsp3) is 0.364. The molecule has 0 aliphatic carbocycles. The van der Waals surface area contributed by atoms with Gasteiger partial charge in [-0.2, -0.15) is 13.2 Å². The maximum absolute atomic E-state index is 11.9. The molecule has 1 rings (SSSR count). The van der Waals surface area contributed by atoms with Gasteiger partial charge in [0, 0.05) is 12.3 Å². The second-order valence-electron chi connectivity index (χ2n) is 3.82. The third kappa shape index (κ3) is 5.12. The lowest BCUT2D eigenvalue weighted by molar-refractivity contribution is -0.154. The Bertz CT molecular complexity index is 487. The van der Waals surface area contributed by atoms with Crippen LogP contribution < -0.4 is 10.1 Å². The van der Waals surface area contributed by atoms with E-state index in [1.165, 1.54) is 13.0 Å². The van der Waals surface area contributed by atoms with Crippen molar-refractivity contribution in [3.63, 3.8) is 0 Å². The van der Waals surface area contributed by atoms with Crippen molar-refractivity contribution in [1.29, 1.82) is 0 Å². The van der Waals surface area contributed by atoms with E-state index in [2.05, 4.69) is 15.0 Å². The van der Waals surface area contributed by atoms with Gasteiger partial charge in [-0.1, -0.05) is 0 Å². The number of hydrogen-bond donors (Lipinski definition) is 2. The standard InChI is InChI=1S/C11H11F3N2O4/c1-6(10(18)19)16-9(17)7-2-3-8(15-4-7)20-5-11(12,13)14/h2-4,6H,5H2,1H3,(H,16,17)(H,18,19)/t6-/m1/s1. The molecule has 0 fully saturated rings. The van der Waals surface area contributed by atoms with Gasteiger partial charge < -0.3 is 15.2 Å². The van der Waals surface area contributed by atoms with E-state index in [-0.39, 0.29) is 11.4 Å². The molecule has 1 amide bonds. The van der Waals surface area contributed by atoms with Gasteiger partial charge in [-0.15, -0.1) is 0 Å². The Labute approximate surface area is 111 Å². The van der Waals surface area contributed by atoms with Gasteiger partial charge in [-0.25, -0.2) is 4.98 Å². The minimum absolute atomic E-state index is 0.0115. The predicted octanol–water partition coefficient (Wildman–Crippen LogP) is 1.23. The highest BCUT2D eigenvalue weighted by Gasteiger charge is 2.28. The SMILES string of the molecule is C[C@@H](NC(=O)c1ccc(OCC(F)(F)F)nc1)C(=O)O. The maximum atomic E-state index is 11.9. The summed E-state index contributed by atoms with van der Waals surface area (Å²) < 4.78 is 40.0. The molecule has 0 aliphatic rings. The van der Waals surface area contributed by atoms with E-state index >= 15 is 0 Å². The number of ether oxygens (including phenoxy) is 1. The molecule has 110 valence electrons. The Balaban J connectivity index is 2.62. The van der Waals surface area contributed by atoms with Crippen molar-refractivity contribution in [2.24, 2.45) is 0 Å². The van der Waals surface area contributed by atoms with Crippen molar-refractivity contribution in [3.05, 3.63) is 23.9 Å². The summed E-state index contributed by atoms with van der Waals surface area (Å²) in [6.45, 7) is -0.212. The first-order valence-corrected chi connectivity index (χ1v) is 5.38. The number of halogens is 3. The number of nitrogens with zero attached hydrogens (tertiary/aromatic N) is 1. The van der Waals surface area contributed by atoms with Crippen molar-refractivity contribution in [2.75, 3.05) is 6.61 Å². The number of carbonyl (C=O) groups is 2. The minimum atomic E-state index is -4.48. The first kappa shape index (κ1) is 15.7. The Morgan fingerprint density at radius 3 is 2.55 bits per heavy atom. The second-order valence-corrected chi connectivity index (χ2v) is 3.82. The lowest BCUT2D eigenvalue weighted by atomic mass is 10.2. The smallest absolute Gasteiger partial charge is 0.422 e. The fourth-order valence-corrected chi connectivity index (χ4v) is 1.10. The molecular formula is C11H11F3N2O4. The number of aliphatic carboxylic acids is 1. The molecule has 0 aromatic carbocycles. The van der Waals surface area contributed by atoms with Gasteiger partial charge in [-0.05, 0) is 13.0 Å². The average molecular weight is 292 g/mol. The van der Waals surface area contributed by atoms with E-state index in [1.54, 1.807) is 0 Å². The van der Waals surface area contributed by atoms with Crippen LogP contribution in [-0.4, -0.2) is 40.8 Å². The first-order chi connectivity index (χ1) is 9.19. The number of pyridine rings is 1. The summed E-state index contributed by atoms with van der Waals surface area (Å²) in [7, 11) is 0. The molecule has 9 heteroatoms. The van der Waals surface area contributed by atoms with Gasteiger partial charge in [0.25, 0.3) is 5.91 Å². The summed E-state index contributed by atoms with van der Waals surface area (Å²) in [6, 6.07) is 1.18. The van der Waals surface area contributed by atoms with E-state index in [9.17, 15) is 22.8 Å². The lowest BCUT2D eigenvalue weighted by Gasteiger charge is -2.10. The molecule has 0 saturated carbocycles. The molecule has 1 aromatic rings. The number of rotatable bonds is 5. The quantitative estimate of drug-likeness (QED) is 0.852. The van der Waals surface area contributed by atoms with Gasteiger partial charge in [-0.3, -0.25) is 9.59 Å². The number of carboxylic acids is 1. The number of alkyl halides is 3. The normalized spacial score (nSPS) is 12.6. The Morgan fingerprint density at radius 2 is 2.10 bits per heavy atom. The molecule has 0 radical (unpaired) electrons. The molecule has 0 unspecified atom stereocenters. The van der Waals surface area contributed by atoms with Crippen molar-refractivity contribution in [1.82, 2.24) is 10.3 Å². The molecule has 1 heterocycles. The summed E-state index contributed by atoms with van der Waals surface area (Å²) in [5.41, 5.74) is 0.0115. The van der Waals surface area contributed by atoms with Crippen LogP contribution >= 0.6 is 0 Å². The third-order valence-electron chi connectivity index (χ3n) is 2.10. The third-order valence-corrected chi connectivity index (χ3v) is 2.10. The van der Waals surface area contributed by atoms with Crippen molar-refractivity contribution in [3.8, 4) is 5.88 Å². The van der Waals surface area contributed by atoms with Crippen LogP contribution in [0.2, 0.25) is 0 Å². The Hall–Kier alpha value is -2.32. The van der Waals surface area contributed by atoms with Crippen molar-refractivity contribution in [2.45, 2.75) is 19.1 Å². The summed E-state index contributed by atoms with van der Waals surface area (Å²) in [5, 5.41) is 10.8. The molecule has 2 N–H and O–H groups in total. The number of carbonyl (C=O) groups excluding carboxylic acids is 1. The molecule has 6 nitrogen and oxygen atoms in total. The summed E-state index contributed by atoms with van der Waals surface area (Å²) in [4.78, 5) is 25.6. The number of nitrogens with one attached hydrogen (secondary N) is 1. The Morgan fingerprint density at radius 1 is 1.45 bits per heavy atom. The van der Waals surface area contributed by atoms with Crippen LogP contribution in [0.1, 0.15) is 17.3 Å². The molecule has 0 aliphatic heterocycles. The van der Waals surface area contributed by atoms with Gasteiger partial charge in [0.2, 0.25) is 5.88 Å². The van der Waals surface area contributed by atoms with Gasteiger partial charge in [0.05, 0.1) is 5.56 Å². The molecule has 0 spiro atoms. The zero-order chi connectivity index (χ0) is 15.3. The van der Waals surface area contributed by atoms with Crippen molar-refractivity contribution < 1.29 is 32.6 Å². The minimum Gasteiger partial charge on any atom is -0.480 e. The van der Waals surface area contributed by atoms with Gasteiger partial charge in [0.15, 0.2) is 6.61 Å². The van der Waals surface area contributed by atoms with Crippen LogP contribution in [0.3, 0.4) is 0 Å². The molecule has 1 aromatic heterocycles. The fourth-order valence-electron chi connectivity index (χ4n) is 1.10. The highest BCUT2D eigenvalue weighted by molar-refractivity contribution is 5.96. The number of carboxylic acid groups (broad SMARTS) is 1. The number of hydrogen-bond acceptors (Lipinski definition) is 4. The lowest BCUT2D eigenvalue weighted by Crippen LogP contribution is -2.38. The van der Waals surface area contributed by atoms with E-state index < -0.39 is 30.7 Å². The Kier molecular flexibility index (Phi) is 4.89. The zero-order valence-electron chi connectivity index (χ0n) is 10.3. The van der Waals surface area contributed by atoms with E-state index in [0.29, 0.717) is 0 Å². The highest BCUT2D eigenvalue weighted by atomic mass is 19.4. The first-order valence-electron chi connectivity index (χ1n) is 5.38. The van der Waals surface area contributed by atoms with E-state index in [0.717, 1.165) is 12.3 Å². The molecule has 1 atom stereocenters. The van der Waals surface area contributed by atoms with Crippen LogP contribution in [0.5, 0.6) is 5.88 Å². The van der Waals surface area contributed by atoms with E-state index in [1.807, 2.05) is 0 Å². The van der Waals surface area contributed by atoms with E-state index in [4.69, 9.17) is 5.11 Å².